The summed E-state index contributed by atoms with van der Waals surface area (Å²) >= 11 is 0. The lowest BCUT2D eigenvalue weighted by Crippen LogP contribution is -2.15. The lowest BCUT2D eigenvalue weighted by Gasteiger charge is -2.05. The average molecular weight is 270 g/mol. The van der Waals surface area contributed by atoms with Crippen LogP contribution in [0.3, 0.4) is 0 Å². The predicted octanol–water partition coefficient (Wildman–Crippen LogP) is 1.21. The Morgan fingerprint density at radius 3 is 2.90 bits per heavy atom. The lowest BCUT2D eigenvalue weighted by atomic mass is 10.2. The molecule has 20 heavy (non-hydrogen) atoms. The number of hydrogen-bond donors (Lipinski definition) is 4. The van der Waals surface area contributed by atoms with Gasteiger partial charge in [0.15, 0.2) is 5.88 Å². The monoisotopic (exact) mass is 270 g/mol. The van der Waals surface area contributed by atoms with E-state index in [0.717, 1.165) is 17.0 Å². The van der Waals surface area contributed by atoms with E-state index >= 15 is 0 Å². The summed E-state index contributed by atoms with van der Waals surface area (Å²) in [6.45, 7) is 0. The Bertz CT molecular complexity index is 850. The van der Waals surface area contributed by atoms with Crippen LogP contribution in [0.4, 0.5) is 5.69 Å². The number of pyridine rings is 1. The minimum Gasteiger partial charge on any atom is -0.494 e. The summed E-state index contributed by atoms with van der Waals surface area (Å²) in [7, 11) is 0. The van der Waals surface area contributed by atoms with Crippen molar-refractivity contribution in [3.8, 4) is 5.88 Å². The number of aromatic nitrogens is 3. The molecule has 0 spiro atoms. The second-order valence-corrected chi connectivity index (χ2v) is 4.24. The van der Waals surface area contributed by atoms with Crippen LogP contribution in [0.25, 0.3) is 10.9 Å². The molecule has 3 rings (SSSR count). The van der Waals surface area contributed by atoms with Gasteiger partial charge in [-0.25, -0.2) is 0 Å². The summed E-state index contributed by atoms with van der Waals surface area (Å²) in [5.74, 6) is -0.836. The highest BCUT2D eigenvalue weighted by Gasteiger charge is 2.09. The Kier molecular flexibility index (Phi) is 2.72. The zero-order valence-corrected chi connectivity index (χ0v) is 10.2. The molecule has 0 aliphatic heterocycles. The van der Waals surface area contributed by atoms with E-state index < -0.39 is 11.5 Å². The third kappa shape index (κ3) is 2.24. The summed E-state index contributed by atoms with van der Waals surface area (Å²) < 4.78 is 0. The highest BCUT2D eigenvalue weighted by molar-refractivity contribution is 6.05. The fraction of sp³-hybridized carbons (Fsp3) is 0. The van der Waals surface area contributed by atoms with Crippen molar-refractivity contribution in [2.45, 2.75) is 0 Å². The van der Waals surface area contributed by atoms with Crippen LogP contribution in [0, 0.1) is 0 Å². The van der Waals surface area contributed by atoms with Gasteiger partial charge < -0.3 is 10.4 Å². The Morgan fingerprint density at radius 1 is 1.25 bits per heavy atom. The van der Waals surface area contributed by atoms with E-state index in [-0.39, 0.29) is 11.4 Å². The number of carbonyl (C=O) groups is 1. The molecular weight excluding hydrogens is 260 g/mol. The largest absolute Gasteiger partial charge is 0.494 e. The standard InChI is InChI=1S/C13H10N4O3/c18-11-3-8(4-12(19)16-11)13(20)15-9-2-1-7-6-14-17-10(7)5-9/h1-6H,(H,14,17)(H,15,20)(H2,16,18,19). The van der Waals surface area contributed by atoms with Gasteiger partial charge in [-0.1, -0.05) is 0 Å². The molecule has 3 aromatic rings. The minimum absolute atomic E-state index is 0.0796. The summed E-state index contributed by atoms with van der Waals surface area (Å²) in [6.07, 6.45) is 1.68. The van der Waals surface area contributed by atoms with Crippen LogP contribution in [-0.2, 0) is 0 Å². The Hall–Kier alpha value is -3.09. The van der Waals surface area contributed by atoms with Crippen LogP contribution in [0.5, 0.6) is 5.88 Å². The fourth-order valence-electron chi connectivity index (χ4n) is 1.88. The molecular formula is C13H10N4O3. The molecule has 100 valence electrons. The third-order valence-corrected chi connectivity index (χ3v) is 2.79. The van der Waals surface area contributed by atoms with Gasteiger partial charge >= 0.3 is 0 Å². The number of carbonyl (C=O) groups excluding carboxylic acids is 1. The van der Waals surface area contributed by atoms with Gasteiger partial charge in [0.05, 0.1) is 17.3 Å². The van der Waals surface area contributed by atoms with Gasteiger partial charge in [0.1, 0.15) is 0 Å². The molecule has 2 aromatic heterocycles. The first-order valence-electron chi connectivity index (χ1n) is 5.80. The van der Waals surface area contributed by atoms with Gasteiger partial charge in [-0.2, -0.15) is 5.10 Å². The molecule has 2 heterocycles. The first-order valence-corrected chi connectivity index (χ1v) is 5.80. The van der Waals surface area contributed by atoms with Crippen molar-refractivity contribution < 1.29 is 9.90 Å². The predicted molar refractivity (Wildman–Crippen MR) is 72.8 cm³/mol. The van der Waals surface area contributed by atoms with E-state index in [1.165, 1.54) is 6.07 Å². The summed E-state index contributed by atoms with van der Waals surface area (Å²) in [6, 6.07) is 7.56. The van der Waals surface area contributed by atoms with Crippen molar-refractivity contribution in [3.05, 3.63) is 52.4 Å². The average Bonchev–Trinajstić information content (AvgIpc) is 2.85. The van der Waals surface area contributed by atoms with Crippen molar-refractivity contribution in [2.75, 3.05) is 5.32 Å². The van der Waals surface area contributed by atoms with Gasteiger partial charge in [0.2, 0.25) is 0 Å². The van der Waals surface area contributed by atoms with Crippen molar-refractivity contribution in [2.24, 2.45) is 0 Å². The summed E-state index contributed by atoms with van der Waals surface area (Å²) in [4.78, 5) is 25.3. The molecule has 0 radical (unpaired) electrons. The number of anilines is 1. The van der Waals surface area contributed by atoms with E-state index in [2.05, 4.69) is 20.5 Å². The van der Waals surface area contributed by atoms with Crippen LogP contribution >= 0.6 is 0 Å². The van der Waals surface area contributed by atoms with Gasteiger partial charge in [0, 0.05) is 23.2 Å². The molecule has 4 N–H and O–H groups in total. The fourth-order valence-corrected chi connectivity index (χ4v) is 1.88. The van der Waals surface area contributed by atoms with E-state index in [1.807, 2.05) is 6.07 Å². The number of nitrogens with one attached hydrogen (secondary N) is 3. The molecule has 7 heteroatoms. The highest BCUT2D eigenvalue weighted by atomic mass is 16.3. The molecule has 0 atom stereocenters. The maximum absolute atomic E-state index is 12.0. The van der Waals surface area contributed by atoms with Crippen LogP contribution in [0.1, 0.15) is 10.4 Å². The molecule has 0 bridgehead atoms. The van der Waals surface area contributed by atoms with Crippen LogP contribution in [0.15, 0.2) is 41.3 Å². The molecule has 0 aliphatic carbocycles. The molecule has 0 saturated carbocycles. The molecule has 0 saturated heterocycles. The van der Waals surface area contributed by atoms with E-state index in [0.29, 0.717) is 5.69 Å². The van der Waals surface area contributed by atoms with Crippen molar-refractivity contribution in [3.63, 3.8) is 0 Å². The van der Waals surface area contributed by atoms with Crippen molar-refractivity contribution in [1.82, 2.24) is 15.2 Å². The molecule has 7 nitrogen and oxygen atoms in total. The maximum atomic E-state index is 12.0. The smallest absolute Gasteiger partial charge is 0.256 e. The lowest BCUT2D eigenvalue weighted by molar-refractivity contribution is 0.102. The van der Waals surface area contributed by atoms with E-state index in [9.17, 15) is 14.7 Å². The molecule has 1 amide bonds. The Labute approximate surface area is 112 Å². The number of fused-ring (bicyclic) bond motifs is 1. The van der Waals surface area contributed by atoms with Crippen molar-refractivity contribution >= 4 is 22.5 Å². The van der Waals surface area contributed by atoms with Crippen LogP contribution in [0.2, 0.25) is 0 Å². The number of H-pyrrole nitrogens is 2. The topological polar surface area (TPSA) is 111 Å². The quantitative estimate of drug-likeness (QED) is 0.560. The van der Waals surface area contributed by atoms with Gasteiger partial charge in [0.25, 0.3) is 11.5 Å². The SMILES string of the molecule is O=C(Nc1ccc2cn[nH]c2c1)c1cc(O)[nH]c(=O)c1. The first kappa shape index (κ1) is 12.0. The maximum Gasteiger partial charge on any atom is 0.256 e. The summed E-state index contributed by atoms with van der Waals surface area (Å²) in [5, 5.41) is 19.5. The number of nitrogens with zero attached hydrogens (tertiary/aromatic N) is 1. The number of amides is 1. The highest BCUT2D eigenvalue weighted by Crippen LogP contribution is 2.17. The normalized spacial score (nSPS) is 10.6. The van der Waals surface area contributed by atoms with Gasteiger partial charge in [-0.15, -0.1) is 0 Å². The third-order valence-electron chi connectivity index (χ3n) is 2.79. The second-order valence-electron chi connectivity index (χ2n) is 4.24. The van der Waals surface area contributed by atoms with E-state index in [4.69, 9.17) is 0 Å². The number of rotatable bonds is 2. The molecule has 0 aliphatic rings. The Morgan fingerprint density at radius 2 is 2.10 bits per heavy atom. The molecule has 1 aromatic carbocycles. The van der Waals surface area contributed by atoms with E-state index in [1.54, 1.807) is 18.3 Å². The van der Waals surface area contributed by atoms with Gasteiger partial charge in [-0.05, 0) is 18.2 Å². The number of aromatic amines is 2. The Balaban J connectivity index is 1.89. The number of hydrogen-bond acceptors (Lipinski definition) is 4. The van der Waals surface area contributed by atoms with Crippen LogP contribution in [-0.4, -0.2) is 26.2 Å². The minimum atomic E-state index is -0.542. The van der Waals surface area contributed by atoms with Crippen molar-refractivity contribution in [1.29, 1.82) is 0 Å². The van der Waals surface area contributed by atoms with Gasteiger partial charge in [-0.3, -0.25) is 19.7 Å². The molecule has 0 fully saturated rings. The number of aromatic hydroxyl groups is 1. The second kappa shape index (κ2) is 4.54. The molecule has 0 unspecified atom stereocenters. The zero-order chi connectivity index (χ0) is 14.1. The summed E-state index contributed by atoms with van der Waals surface area (Å²) in [5.41, 5.74) is 0.887. The zero-order valence-electron chi connectivity index (χ0n) is 10.2. The first-order chi connectivity index (χ1) is 9.61. The van der Waals surface area contributed by atoms with Crippen LogP contribution < -0.4 is 10.9 Å². The number of benzene rings is 1.